The first-order chi connectivity index (χ1) is 17.7. The van der Waals surface area contributed by atoms with Crippen LogP contribution in [0.4, 0.5) is 4.79 Å². The summed E-state index contributed by atoms with van der Waals surface area (Å²) in [7, 11) is 0. The topological polar surface area (TPSA) is 87.2 Å². The monoisotopic (exact) mass is 532 g/mol. The lowest BCUT2D eigenvalue weighted by atomic mass is 10.1. The molecule has 37 heavy (non-hydrogen) atoms. The lowest BCUT2D eigenvalue weighted by Gasteiger charge is -2.11. The number of carbonyl (C=O) groups is 2. The van der Waals surface area contributed by atoms with Gasteiger partial charge in [0, 0.05) is 10.6 Å². The molecule has 0 spiro atoms. The average Bonchev–Trinajstić information content (AvgIpc) is 3.32. The number of carbonyl (C=O) groups excluding carboxylic acids is 2. The number of aromatic nitrogens is 2. The molecule has 1 saturated heterocycles. The number of nitrogens with zero attached hydrogens (tertiary/aromatic N) is 2. The summed E-state index contributed by atoms with van der Waals surface area (Å²) in [5, 5.41) is 6.51. The number of amides is 3. The van der Waals surface area contributed by atoms with Gasteiger partial charge in [-0.2, -0.15) is 0 Å². The molecule has 4 aromatic rings. The molecule has 186 valence electrons. The molecule has 0 bridgehead atoms. The summed E-state index contributed by atoms with van der Waals surface area (Å²) in [5.74, 6) is -0.526. The fourth-order valence-electron chi connectivity index (χ4n) is 4.20. The predicted molar refractivity (Wildman–Crippen MR) is 145 cm³/mol. The van der Waals surface area contributed by atoms with Gasteiger partial charge in [0.15, 0.2) is 0 Å². The van der Waals surface area contributed by atoms with Crippen LogP contribution in [-0.4, -0.2) is 26.6 Å². The van der Waals surface area contributed by atoms with E-state index in [0.29, 0.717) is 27.0 Å². The van der Waals surface area contributed by atoms with E-state index in [1.807, 2.05) is 62.4 Å². The van der Waals surface area contributed by atoms with E-state index in [0.717, 1.165) is 21.6 Å². The van der Waals surface area contributed by atoms with E-state index in [-0.39, 0.29) is 17.8 Å². The van der Waals surface area contributed by atoms with Gasteiger partial charge in [-0.3, -0.25) is 19.6 Å². The van der Waals surface area contributed by atoms with E-state index in [1.165, 1.54) is 10.8 Å². The second kappa shape index (κ2) is 9.76. The molecule has 2 N–H and O–H groups in total. The minimum Gasteiger partial charge on any atom is -0.303 e. The summed E-state index contributed by atoms with van der Waals surface area (Å²) in [5.41, 5.74) is 4.09. The predicted octanol–water partition coefficient (Wildman–Crippen LogP) is 5.85. The summed E-state index contributed by atoms with van der Waals surface area (Å²) >= 11 is 12.6. The van der Waals surface area contributed by atoms with Crippen molar-refractivity contribution in [3.05, 3.63) is 115 Å². The maximum atomic E-state index is 13.7. The first-order valence-corrected chi connectivity index (χ1v) is 12.2. The largest absolute Gasteiger partial charge is 0.329 e. The number of aryl methyl sites for hydroxylation is 2. The average molecular weight is 533 g/mol. The number of benzene rings is 3. The summed E-state index contributed by atoms with van der Waals surface area (Å²) < 4.78 is 1.40. The molecule has 1 aliphatic heterocycles. The number of imide groups is 1. The number of hydrogen-bond donors (Lipinski definition) is 2. The number of aromatic amines is 1. The molecular formula is C28H22Cl2N4O3. The third-order valence-corrected chi connectivity index (χ3v) is 6.74. The Balaban J connectivity index is 1.61. The second-order valence-corrected chi connectivity index (χ2v) is 9.66. The lowest BCUT2D eigenvalue weighted by molar-refractivity contribution is -0.123. The van der Waals surface area contributed by atoms with Crippen LogP contribution in [-0.2, 0) is 11.3 Å². The first-order valence-electron chi connectivity index (χ1n) is 11.5. The van der Waals surface area contributed by atoms with Crippen LogP contribution in [0.15, 0.2) is 77.2 Å². The minimum atomic E-state index is -0.558. The zero-order valence-electron chi connectivity index (χ0n) is 20.0. The molecule has 2 heterocycles. The van der Waals surface area contributed by atoms with Crippen LogP contribution in [0.3, 0.4) is 0 Å². The molecule has 0 aliphatic carbocycles. The van der Waals surface area contributed by atoms with Gasteiger partial charge >= 0.3 is 6.03 Å². The first kappa shape index (κ1) is 24.6. The third-order valence-electron chi connectivity index (χ3n) is 6.20. The van der Waals surface area contributed by atoms with Crippen LogP contribution in [0.5, 0.6) is 0 Å². The molecule has 0 saturated carbocycles. The van der Waals surface area contributed by atoms with Crippen LogP contribution in [0.2, 0.25) is 10.0 Å². The molecule has 9 heteroatoms. The van der Waals surface area contributed by atoms with Crippen LogP contribution >= 0.6 is 23.2 Å². The summed E-state index contributed by atoms with van der Waals surface area (Å²) in [6.07, 6.45) is 1.39. The summed E-state index contributed by atoms with van der Waals surface area (Å²) in [6.45, 7) is 3.96. The van der Waals surface area contributed by atoms with Crippen LogP contribution in [0.25, 0.3) is 23.0 Å². The summed E-state index contributed by atoms with van der Waals surface area (Å²) in [4.78, 5) is 40.7. The van der Waals surface area contributed by atoms with E-state index in [9.17, 15) is 14.4 Å². The number of rotatable bonds is 5. The molecule has 3 amide bonds. The van der Waals surface area contributed by atoms with E-state index in [1.54, 1.807) is 18.2 Å². The van der Waals surface area contributed by atoms with Crippen LogP contribution in [0.1, 0.15) is 22.3 Å². The Kier molecular flexibility index (Phi) is 6.50. The SMILES string of the molecule is Cc1ccc(CN2C(=O)N/C(=C\c3c(-c4ccc(Cl)cc4Cl)[nH]n(-c4ccccc4C)c3=O)C2=O)cc1. The van der Waals surface area contributed by atoms with Crippen molar-refractivity contribution in [1.29, 1.82) is 0 Å². The Hall–Kier alpha value is -4.07. The van der Waals surface area contributed by atoms with Gasteiger partial charge in [0.25, 0.3) is 11.5 Å². The molecular weight excluding hydrogens is 511 g/mol. The molecule has 1 aromatic heterocycles. The van der Waals surface area contributed by atoms with Crippen molar-refractivity contribution in [2.24, 2.45) is 0 Å². The van der Waals surface area contributed by atoms with Crippen molar-refractivity contribution in [2.45, 2.75) is 20.4 Å². The second-order valence-electron chi connectivity index (χ2n) is 8.82. The van der Waals surface area contributed by atoms with Gasteiger partial charge in [-0.25, -0.2) is 9.48 Å². The smallest absolute Gasteiger partial charge is 0.303 e. The van der Waals surface area contributed by atoms with Gasteiger partial charge in [0.2, 0.25) is 0 Å². The van der Waals surface area contributed by atoms with E-state index >= 15 is 0 Å². The number of nitrogens with one attached hydrogen (secondary N) is 2. The van der Waals surface area contributed by atoms with Crippen LogP contribution in [0, 0.1) is 13.8 Å². The van der Waals surface area contributed by atoms with Crippen LogP contribution < -0.4 is 10.9 Å². The Morgan fingerprint density at radius 3 is 2.35 bits per heavy atom. The van der Waals surface area contributed by atoms with Gasteiger partial charge in [0.1, 0.15) is 5.70 Å². The Morgan fingerprint density at radius 1 is 0.919 bits per heavy atom. The normalized spacial score (nSPS) is 14.5. The molecule has 3 aromatic carbocycles. The highest BCUT2D eigenvalue weighted by Crippen LogP contribution is 2.32. The van der Waals surface area contributed by atoms with Crippen molar-refractivity contribution >= 4 is 41.2 Å². The highest BCUT2D eigenvalue weighted by atomic mass is 35.5. The van der Waals surface area contributed by atoms with Gasteiger partial charge < -0.3 is 5.32 Å². The Morgan fingerprint density at radius 2 is 1.65 bits per heavy atom. The molecule has 0 unspecified atom stereocenters. The number of halogens is 2. The highest BCUT2D eigenvalue weighted by Gasteiger charge is 2.34. The molecule has 7 nitrogen and oxygen atoms in total. The number of urea groups is 1. The maximum absolute atomic E-state index is 13.7. The van der Waals surface area contributed by atoms with Crippen molar-refractivity contribution in [3.63, 3.8) is 0 Å². The van der Waals surface area contributed by atoms with Crippen molar-refractivity contribution in [2.75, 3.05) is 0 Å². The van der Waals surface area contributed by atoms with Gasteiger partial charge in [-0.15, -0.1) is 0 Å². The Bertz CT molecular complexity index is 1630. The van der Waals surface area contributed by atoms with Gasteiger partial charge in [0.05, 0.1) is 28.5 Å². The molecule has 0 atom stereocenters. The highest BCUT2D eigenvalue weighted by molar-refractivity contribution is 6.36. The van der Waals surface area contributed by atoms with E-state index < -0.39 is 17.5 Å². The number of H-pyrrole nitrogens is 1. The quantitative estimate of drug-likeness (QED) is 0.249. The number of hydrogen-bond acceptors (Lipinski definition) is 3. The molecule has 5 rings (SSSR count). The fraction of sp³-hybridized carbons (Fsp3) is 0.107. The minimum absolute atomic E-state index is 0.00326. The molecule has 1 aliphatic rings. The Labute approximate surface area is 222 Å². The van der Waals surface area contributed by atoms with Crippen molar-refractivity contribution < 1.29 is 9.59 Å². The van der Waals surface area contributed by atoms with Crippen molar-refractivity contribution in [3.8, 4) is 16.9 Å². The third kappa shape index (κ3) is 4.71. The standard InChI is InChI=1S/C28H22Cl2N4O3/c1-16-7-9-18(10-8-16)15-33-27(36)23(31-28(33)37)14-21-25(20-12-11-19(29)13-22(20)30)32-34(26(21)35)24-6-4-3-5-17(24)2/h3-14,32H,15H2,1-2H3,(H,31,37)/b23-14-. The van der Waals surface area contributed by atoms with E-state index in [4.69, 9.17) is 23.2 Å². The summed E-state index contributed by atoms with van der Waals surface area (Å²) in [6, 6.07) is 19.3. The zero-order chi connectivity index (χ0) is 26.3. The maximum Gasteiger partial charge on any atom is 0.329 e. The molecule has 0 radical (unpaired) electrons. The zero-order valence-corrected chi connectivity index (χ0v) is 21.5. The lowest BCUT2D eigenvalue weighted by Crippen LogP contribution is -2.30. The van der Waals surface area contributed by atoms with Gasteiger partial charge in [-0.1, -0.05) is 71.2 Å². The molecule has 1 fully saturated rings. The van der Waals surface area contributed by atoms with Crippen molar-refractivity contribution in [1.82, 2.24) is 20.0 Å². The van der Waals surface area contributed by atoms with Gasteiger partial charge in [-0.05, 0) is 55.3 Å². The number of para-hydroxylation sites is 1. The van der Waals surface area contributed by atoms with E-state index in [2.05, 4.69) is 10.4 Å². The fourth-order valence-corrected chi connectivity index (χ4v) is 4.70.